The molecule has 1 amide bonds. The zero-order valence-corrected chi connectivity index (χ0v) is 16.4. The normalized spacial score (nSPS) is 17.6. The molecule has 0 aliphatic carbocycles. The van der Waals surface area contributed by atoms with Crippen LogP contribution < -0.4 is 5.32 Å². The molecule has 1 N–H and O–H groups in total. The molecular weight excluding hydrogens is 403 g/mol. The average Bonchev–Trinajstić information content (AvgIpc) is 3.29. The summed E-state index contributed by atoms with van der Waals surface area (Å²) in [6.07, 6.45) is 1.38. The Balaban J connectivity index is 1.48. The fourth-order valence-electron chi connectivity index (χ4n) is 3.41. The summed E-state index contributed by atoms with van der Waals surface area (Å²) in [5.74, 6) is -0.236. The molecule has 1 aromatic carbocycles. The van der Waals surface area contributed by atoms with Crippen molar-refractivity contribution in [2.24, 2.45) is 0 Å². The summed E-state index contributed by atoms with van der Waals surface area (Å²) < 4.78 is 46.2. The highest BCUT2D eigenvalue weighted by molar-refractivity contribution is 7.15. The first-order valence-electron chi connectivity index (χ1n) is 9.46. The van der Waals surface area contributed by atoms with Crippen LogP contribution >= 0.6 is 11.3 Å². The van der Waals surface area contributed by atoms with Gasteiger partial charge in [-0.25, -0.2) is 4.98 Å². The number of nitrogens with zero attached hydrogens (tertiary/aromatic N) is 2. The lowest BCUT2D eigenvalue weighted by molar-refractivity contribution is -0.137. The standard InChI is InChI=1S/C20H20F3N3O2S/c21-20(22,23)14-5-3-4-13(10-14)16-11-26-17(12-29-19(26)25-16)18(27)24-8-7-15-6-1-2-9-28-15/h3-5,10-12,15H,1-2,6-9H2,(H,24,27). The van der Waals surface area contributed by atoms with Gasteiger partial charge in [-0.3, -0.25) is 9.20 Å². The molecule has 29 heavy (non-hydrogen) atoms. The van der Waals surface area contributed by atoms with Crippen molar-refractivity contribution in [2.75, 3.05) is 13.2 Å². The Bertz CT molecular complexity index is 1010. The van der Waals surface area contributed by atoms with E-state index >= 15 is 0 Å². The lowest BCUT2D eigenvalue weighted by Gasteiger charge is -2.22. The molecule has 1 aliphatic rings. The number of alkyl halides is 3. The van der Waals surface area contributed by atoms with Crippen molar-refractivity contribution in [2.45, 2.75) is 38.0 Å². The smallest absolute Gasteiger partial charge is 0.378 e. The van der Waals surface area contributed by atoms with Gasteiger partial charge in [-0.2, -0.15) is 13.2 Å². The minimum Gasteiger partial charge on any atom is -0.378 e. The zero-order chi connectivity index (χ0) is 20.4. The van der Waals surface area contributed by atoms with Crippen molar-refractivity contribution in [1.82, 2.24) is 14.7 Å². The van der Waals surface area contributed by atoms with Gasteiger partial charge in [0.25, 0.3) is 5.91 Å². The second-order valence-electron chi connectivity index (χ2n) is 7.01. The fraction of sp³-hybridized carbons (Fsp3) is 0.400. The Kier molecular flexibility index (Phi) is 5.60. The highest BCUT2D eigenvalue weighted by Crippen LogP contribution is 2.32. The van der Waals surface area contributed by atoms with E-state index in [0.717, 1.165) is 44.4 Å². The van der Waals surface area contributed by atoms with Crippen LogP contribution in [-0.4, -0.2) is 34.5 Å². The van der Waals surface area contributed by atoms with E-state index < -0.39 is 11.7 Å². The number of halogens is 3. The maximum atomic E-state index is 13.0. The molecule has 0 saturated carbocycles. The number of hydrogen-bond acceptors (Lipinski definition) is 4. The van der Waals surface area contributed by atoms with Crippen LogP contribution in [-0.2, 0) is 10.9 Å². The van der Waals surface area contributed by atoms with Crippen LogP contribution in [0.5, 0.6) is 0 Å². The number of carbonyl (C=O) groups excluding carboxylic acids is 1. The Morgan fingerprint density at radius 2 is 2.21 bits per heavy atom. The largest absolute Gasteiger partial charge is 0.416 e. The molecular formula is C20H20F3N3O2S. The second kappa shape index (κ2) is 8.16. The minimum absolute atomic E-state index is 0.187. The van der Waals surface area contributed by atoms with Gasteiger partial charge in [0.05, 0.1) is 17.4 Å². The van der Waals surface area contributed by atoms with Crippen molar-refractivity contribution in [3.63, 3.8) is 0 Å². The van der Waals surface area contributed by atoms with Gasteiger partial charge in [-0.1, -0.05) is 12.1 Å². The maximum absolute atomic E-state index is 13.0. The minimum atomic E-state index is -4.42. The predicted octanol–water partition coefficient (Wildman–Crippen LogP) is 4.77. The Hall–Kier alpha value is -2.39. The molecule has 1 unspecified atom stereocenters. The van der Waals surface area contributed by atoms with Crippen LogP contribution in [0, 0.1) is 0 Å². The van der Waals surface area contributed by atoms with Gasteiger partial charge < -0.3 is 10.1 Å². The molecule has 1 saturated heterocycles. The van der Waals surface area contributed by atoms with Crippen LogP contribution in [0.1, 0.15) is 41.7 Å². The van der Waals surface area contributed by atoms with E-state index in [1.54, 1.807) is 22.0 Å². The Morgan fingerprint density at radius 1 is 1.34 bits per heavy atom. The summed E-state index contributed by atoms with van der Waals surface area (Å²) in [4.78, 5) is 17.5. The molecule has 5 nitrogen and oxygen atoms in total. The number of carbonyl (C=O) groups is 1. The lowest BCUT2D eigenvalue weighted by atomic mass is 10.1. The third kappa shape index (κ3) is 4.45. The van der Waals surface area contributed by atoms with Crippen LogP contribution in [0.3, 0.4) is 0 Å². The van der Waals surface area contributed by atoms with E-state index in [1.165, 1.54) is 17.4 Å². The summed E-state index contributed by atoms with van der Waals surface area (Å²) >= 11 is 1.27. The summed E-state index contributed by atoms with van der Waals surface area (Å²) in [6, 6.07) is 5.02. The molecule has 154 valence electrons. The van der Waals surface area contributed by atoms with E-state index in [9.17, 15) is 18.0 Å². The maximum Gasteiger partial charge on any atom is 0.416 e. The van der Waals surface area contributed by atoms with Crippen LogP contribution in [0.4, 0.5) is 13.2 Å². The van der Waals surface area contributed by atoms with Gasteiger partial charge in [0.2, 0.25) is 0 Å². The molecule has 0 bridgehead atoms. The van der Waals surface area contributed by atoms with E-state index in [1.807, 2.05) is 0 Å². The van der Waals surface area contributed by atoms with Crippen LogP contribution in [0.25, 0.3) is 16.2 Å². The molecule has 0 radical (unpaired) electrons. The number of nitrogens with one attached hydrogen (secondary N) is 1. The summed E-state index contributed by atoms with van der Waals surface area (Å²) in [5, 5.41) is 4.59. The lowest BCUT2D eigenvalue weighted by Crippen LogP contribution is -2.30. The van der Waals surface area contributed by atoms with Crippen LogP contribution in [0.2, 0.25) is 0 Å². The number of fused-ring (bicyclic) bond motifs is 1. The molecule has 2 aromatic heterocycles. The summed E-state index contributed by atoms with van der Waals surface area (Å²) in [5.41, 5.74) is 0.443. The number of amides is 1. The molecule has 1 aliphatic heterocycles. The van der Waals surface area contributed by atoms with Gasteiger partial charge >= 0.3 is 6.18 Å². The second-order valence-corrected chi connectivity index (χ2v) is 7.85. The van der Waals surface area contributed by atoms with Gasteiger partial charge in [-0.05, 0) is 37.8 Å². The van der Waals surface area contributed by atoms with Gasteiger partial charge in [0.15, 0.2) is 4.96 Å². The van der Waals surface area contributed by atoms with E-state index in [4.69, 9.17) is 4.74 Å². The van der Waals surface area contributed by atoms with Gasteiger partial charge in [-0.15, -0.1) is 11.3 Å². The van der Waals surface area contributed by atoms with Crippen molar-refractivity contribution in [1.29, 1.82) is 0 Å². The van der Waals surface area contributed by atoms with E-state index in [0.29, 0.717) is 28.5 Å². The van der Waals surface area contributed by atoms with Crippen molar-refractivity contribution in [3.05, 3.63) is 47.1 Å². The van der Waals surface area contributed by atoms with E-state index in [2.05, 4.69) is 10.3 Å². The number of imidazole rings is 1. The first-order valence-corrected chi connectivity index (χ1v) is 10.3. The zero-order valence-electron chi connectivity index (χ0n) is 15.5. The quantitative estimate of drug-likeness (QED) is 0.643. The number of hydrogen-bond donors (Lipinski definition) is 1. The molecule has 4 rings (SSSR count). The topological polar surface area (TPSA) is 55.6 Å². The van der Waals surface area contributed by atoms with Gasteiger partial charge in [0.1, 0.15) is 5.69 Å². The highest BCUT2D eigenvalue weighted by atomic mass is 32.1. The SMILES string of the molecule is O=C(NCCC1CCCCO1)c1csc2nc(-c3cccc(C(F)(F)F)c3)cn12. The first kappa shape index (κ1) is 19.9. The summed E-state index contributed by atoms with van der Waals surface area (Å²) in [7, 11) is 0. The number of rotatable bonds is 5. The molecule has 9 heteroatoms. The van der Waals surface area contributed by atoms with Crippen molar-refractivity contribution in [3.8, 4) is 11.3 Å². The predicted molar refractivity (Wildman–Crippen MR) is 104 cm³/mol. The third-order valence-electron chi connectivity index (χ3n) is 4.95. The molecule has 1 atom stereocenters. The van der Waals surface area contributed by atoms with E-state index in [-0.39, 0.29) is 12.0 Å². The number of benzene rings is 1. The Labute approximate surface area is 169 Å². The van der Waals surface area contributed by atoms with Crippen molar-refractivity contribution < 1.29 is 22.7 Å². The molecule has 1 fully saturated rings. The summed E-state index contributed by atoms with van der Waals surface area (Å²) in [6.45, 7) is 1.28. The number of ether oxygens (including phenoxy) is 1. The average molecular weight is 423 g/mol. The van der Waals surface area contributed by atoms with Crippen molar-refractivity contribution >= 4 is 22.2 Å². The third-order valence-corrected chi connectivity index (χ3v) is 5.79. The fourth-order valence-corrected chi connectivity index (χ4v) is 4.27. The molecule has 3 heterocycles. The highest BCUT2D eigenvalue weighted by Gasteiger charge is 2.30. The molecule has 0 spiro atoms. The number of thiazole rings is 1. The number of aromatic nitrogens is 2. The van der Waals surface area contributed by atoms with Gasteiger partial charge in [0, 0.05) is 30.3 Å². The van der Waals surface area contributed by atoms with Crippen LogP contribution in [0.15, 0.2) is 35.8 Å². The monoisotopic (exact) mass is 423 g/mol. The molecule has 3 aromatic rings. The Morgan fingerprint density at radius 3 is 2.97 bits per heavy atom. The first-order chi connectivity index (χ1) is 13.9.